The van der Waals surface area contributed by atoms with Gasteiger partial charge in [-0.15, -0.1) is 0 Å². The Morgan fingerprint density at radius 3 is 2.00 bits per heavy atom. The largest absolute Gasteiger partial charge is 0.0996 e. The number of hydrogen-bond acceptors (Lipinski definition) is 0. The molecule has 0 heterocycles. The predicted molar refractivity (Wildman–Crippen MR) is 68.1 cm³/mol. The second-order valence-corrected chi connectivity index (χ2v) is 5.01. The monoisotopic (exact) mass is 202 g/mol. The SMILES string of the molecule is C=C(C)C(C)(C)Cc1ccc(CC)cc1. The van der Waals surface area contributed by atoms with Gasteiger partial charge in [0.25, 0.3) is 0 Å². The Hall–Kier alpha value is -1.04. The summed E-state index contributed by atoms with van der Waals surface area (Å²) in [7, 11) is 0. The van der Waals surface area contributed by atoms with Gasteiger partial charge in [-0.2, -0.15) is 0 Å². The van der Waals surface area contributed by atoms with Crippen LogP contribution in [0.1, 0.15) is 38.8 Å². The number of rotatable bonds is 4. The molecule has 0 amide bonds. The maximum absolute atomic E-state index is 4.06. The van der Waals surface area contributed by atoms with E-state index in [1.807, 2.05) is 0 Å². The van der Waals surface area contributed by atoms with Crippen LogP contribution < -0.4 is 0 Å². The Morgan fingerprint density at radius 1 is 1.13 bits per heavy atom. The van der Waals surface area contributed by atoms with Gasteiger partial charge < -0.3 is 0 Å². The summed E-state index contributed by atoms with van der Waals surface area (Å²) in [5.74, 6) is 0. The second kappa shape index (κ2) is 4.65. The third-order valence-electron chi connectivity index (χ3n) is 3.23. The average molecular weight is 202 g/mol. The molecule has 0 spiro atoms. The predicted octanol–water partition coefficient (Wildman–Crippen LogP) is 4.39. The standard InChI is InChI=1S/C15H22/c1-6-13-7-9-14(10-8-13)11-15(4,5)12(2)3/h7-10H,2,6,11H2,1,3-5H3. The van der Waals surface area contributed by atoms with E-state index in [-0.39, 0.29) is 5.41 Å². The van der Waals surface area contributed by atoms with Crippen LogP contribution in [0.3, 0.4) is 0 Å². The van der Waals surface area contributed by atoms with Gasteiger partial charge in [0, 0.05) is 0 Å². The molecule has 0 N–H and O–H groups in total. The van der Waals surface area contributed by atoms with E-state index in [1.54, 1.807) is 0 Å². The molecule has 0 heteroatoms. The third-order valence-corrected chi connectivity index (χ3v) is 3.23. The van der Waals surface area contributed by atoms with E-state index >= 15 is 0 Å². The second-order valence-electron chi connectivity index (χ2n) is 5.01. The van der Waals surface area contributed by atoms with Crippen LogP contribution in [0.2, 0.25) is 0 Å². The van der Waals surface area contributed by atoms with Crippen molar-refractivity contribution in [3.8, 4) is 0 Å². The van der Waals surface area contributed by atoms with E-state index in [4.69, 9.17) is 0 Å². The van der Waals surface area contributed by atoms with Crippen LogP contribution >= 0.6 is 0 Å². The zero-order valence-corrected chi connectivity index (χ0v) is 10.4. The summed E-state index contributed by atoms with van der Waals surface area (Å²) in [5, 5.41) is 0. The Bertz CT molecular complexity index is 328. The van der Waals surface area contributed by atoms with E-state index in [0.717, 1.165) is 12.8 Å². The Labute approximate surface area is 94.0 Å². The van der Waals surface area contributed by atoms with Crippen molar-refractivity contribution in [1.82, 2.24) is 0 Å². The molecule has 0 aliphatic rings. The van der Waals surface area contributed by atoms with Crippen molar-refractivity contribution in [2.24, 2.45) is 5.41 Å². The molecule has 0 atom stereocenters. The lowest BCUT2D eigenvalue weighted by Gasteiger charge is -2.25. The Kier molecular flexibility index (Phi) is 3.73. The van der Waals surface area contributed by atoms with Crippen molar-refractivity contribution in [2.45, 2.75) is 40.5 Å². The minimum absolute atomic E-state index is 0.202. The van der Waals surface area contributed by atoms with Crippen molar-refractivity contribution in [3.05, 3.63) is 47.5 Å². The maximum atomic E-state index is 4.06. The summed E-state index contributed by atoms with van der Waals surface area (Å²) in [5.41, 5.74) is 4.27. The van der Waals surface area contributed by atoms with Crippen LogP contribution in [-0.2, 0) is 12.8 Å². The summed E-state index contributed by atoms with van der Waals surface area (Å²) in [6.45, 7) is 12.9. The molecule has 0 aromatic heterocycles. The first-order chi connectivity index (χ1) is 6.95. The van der Waals surface area contributed by atoms with E-state index in [2.05, 4.69) is 58.5 Å². The van der Waals surface area contributed by atoms with Crippen LogP contribution in [0.25, 0.3) is 0 Å². The van der Waals surface area contributed by atoms with Gasteiger partial charge in [-0.1, -0.05) is 57.2 Å². The molecule has 0 saturated carbocycles. The fourth-order valence-corrected chi connectivity index (χ4v) is 1.55. The summed E-state index contributed by atoms with van der Waals surface area (Å²) in [6, 6.07) is 8.93. The first-order valence-electron chi connectivity index (χ1n) is 5.69. The highest BCUT2D eigenvalue weighted by Gasteiger charge is 2.18. The fraction of sp³-hybridized carbons (Fsp3) is 0.467. The molecule has 0 fully saturated rings. The summed E-state index contributed by atoms with van der Waals surface area (Å²) in [6.07, 6.45) is 2.19. The smallest absolute Gasteiger partial charge is 0.0110 e. The normalized spacial score (nSPS) is 11.5. The molecule has 0 aliphatic carbocycles. The van der Waals surface area contributed by atoms with Gasteiger partial charge in [-0.3, -0.25) is 0 Å². The van der Waals surface area contributed by atoms with E-state index in [1.165, 1.54) is 16.7 Å². The number of aryl methyl sites for hydroxylation is 1. The molecule has 15 heavy (non-hydrogen) atoms. The van der Waals surface area contributed by atoms with Gasteiger partial charge in [-0.05, 0) is 36.3 Å². The van der Waals surface area contributed by atoms with Crippen LogP contribution in [0, 0.1) is 5.41 Å². The summed E-state index contributed by atoms with van der Waals surface area (Å²) < 4.78 is 0. The average Bonchev–Trinajstić information content (AvgIpc) is 2.18. The molecule has 0 nitrogen and oxygen atoms in total. The van der Waals surface area contributed by atoms with Crippen molar-refractivity contribution in [3.63, 3.8) is 0 Å². The van der Waals surface area contributed by atoms with Crippen molar-refractivity contribution >= 4 is 0 Å². The lowest BCUT2D eigenvalue weighted by Crippen LogP contribution is -2.15. The van der Waals surface area contributed by atoms with Gasteiger partial charge >= 0.3 is 0 Å². The summed E-state index contributed by atoms with van der Waals surface area (Å²) >= 11 is 0. The zero-order chi connectivity index (χ0) is 11.5. The first kappa shape index (κ1) is 12.0. The van der Waals surface area contributed by atoms with Crippen molar-refractivity contribution < 1.29 is 0 Å². The zero-order valence-electron chi connectivity index (χ0n) is 10.4. The van der Waals surface area contributed by atoms with Crippen LogP contribution in [0.15, 0.2) is 36.4 Å². The fourth-order valence-electron chi connectivity index (χ4n) is 1.55. The summed E-state index contributed by atoms with van der Waals surface area (Å²) in [4.78, 5) is 0. The van der Waals surface area contributed by atoms with Gasteiger partial charge in [0.05, 0.1) is 0 Å². The lowest BCUT2D eigenvalue weighted by atomic mass is 9.80. The maximum Gasteiger partial charge on any atom is -0.0110 e. The van der Waals surface area contributed by atoms with Crippen LogP contribution in [-0.4, -0.2) is 0 Å². The minimum Gasteiger partial charge on any atom is -0.0996 e. The van der Waals surface area contributed by atoms with Crippen LogP contribution in [0.4, 0.5) is 0 Å². The molecule has 1 aromatic carbocycles. The molecule has 1 rings (SSSR count). The molecule has 0 aliphatic heterocycles. The Morgan fingerprint density at radius 2 is 1.60 bits per heavy atom. The van der Waals surface area contributed by atoms with Gasteiger partial charge in [0.15, 0.2) is 0 Å². The van der Waals surface area contributed by atoms with Gasteiger partial charge in [0.1, 0.15) is 0 Å². The van der Waals surface area contributed by atoms with Crippen molar-refractivity contribution in [1.29, 1.82) is 0 Å². The molecular formula is C15H22. The number of benzene rings is 1. The van der Waals surface area contributed by atoms with E-state index in [9.17, 15) is 0 Å². The number of hydrogen-bond donors (Lipinski definition) is 0. The lowest BCUT2D eigenvalue weighted by molar-refractivity contribution is 0.445. The molecule has 0 radical (unpaired) electrons. The molecule has 1 aromatic rings. The minimum atomic E-state index is 0.202. The van der Waals surface area contributed by atoms with Crippen LogP contribution in [0.5, 0.6) is 0 Å². The van der Waals surface area contributed by atoms with E-state index < -0.39 is 0 Å². The third kappa shape index (κ3) is 3.23. The molecule has 0 bridgehead atoms. The highest BCUT2D eigenvalue weighted by atomic mass is 14.2. The Balaban J connectivity index is 2.77. The topological polar surface area (TPSA) is 0 Å². The molecule has 0 saturated heterocycles. The number of allylic oxidation sites excluding steroid dienone is 1. The van der Waals surface area contributed by atoms with Crippen molar-refractivity contribution in [2.75, 3.05) is 0 Å². The van der Waals surface area contributed by atoms with Gasteiger partial charge in [-0.25, -0.2) is 0 Å². The molecular weight excluding hydrogens is 180 g/mol. The highest BCUT2D eigenvalue weighted by molar-refractivity contribution is 5.24. The van der Waals surface area contributed by atoms with E-state index in [0.29, 0.717) is 0 Å². The quantitative estimate of drug-likeness (QED) is 0.635. The first-order valence-corrected chi connectivity index (χ1v) is 5.69. The molecule has 0 unspecified atom stereocenters. The molecule has 82 valence electrons. The highest BCUT2D eigenvalue weighted by Crippen LogP contribution is 2.29. The van der Waals surface area contributed by atoms with Gasteiger partial charge in [0.2, 0.25) is 0 Å².